The van der Waals surface area contributed by atoms with E-state index in [1.165, 1.54) is 0 Å². The summed E-state index contributed by atoms with van der Waals surface area (Å²) in [7, 11) is 0. The second-order valence-corrected chi connectivity index (χ2v) is 6.58. The van der Waals surface area contributed by atoms with Gasteiger partial charge in [-0.1, -0.05) is 12.1 Å². The number of nitrogens with zero attached hydrogens (tertiary/aromatic N) is 3. The quantitative estimate of drug-likeness (QED) is 0.708. The zero-order chi connectivity index (χ0) is 18.8. The summed E-state index contributed by atoms with van der Waals surface area (Å²) >= 11 is 0. The second kappa shape index (κ2) is 7.11. The first-order chi connectivity index (χ1) is 12.4. The van der Waals surface area contributed by atoms with Crippen LogP contribution in [0.2, 0.25) is 0 Å². The normalized spacial score (nSPS) is 12.4. The number of aliphatic carboxylic acids is 1. The van der Waals surface area contributed by atoms with Crippen molar-refractivity contribution in [3.63, 3.8) is 0 Å². The average molecular weight is 354 g/mol. The first-order valence-electron chi connectivity index (χ1n) is 8.61. The smallest absolute Gasteiger partial charge is 0.305 e. The van der Waals surface area contributed by atoms with Crippen LogP contribution in [-0.4, -0.2) is 37.6 Å². The molecule has 7 nitrogen and oxygen atoms in total. The summed E-state index contributed by atoms with van der Waals surface area (Å²) in [6.07, 6.45) is 0.721. The van der Waals surface area contributed by atoms with E-state index in [-0.39, 0.29) is 24.8 Å². The average Bonchev–Trinajstić information content (AvgIpc) is 2.92. The SMILES string of the molecule is Cc1nc2c3ccccc3nn2c(C)c1CCC(=O)NC(C)CC(=O)O. The van der Waals surface area contributed by atoms with Crippen molar-refractivity contribution in [2.24, 2.45) is 0 Å². The van der Waals surface area contributed by atoms with Gasteiger partial charge in [0.2, 0.25) is 5.91 Å². The van der Waals surface area contributed by atoms with Crippen molar-refractivity contribution in [1.82, 2.24) is 19.9 Å². The molecule has 0 aliphatic heterocycles. The van der Waals surface area contributed by atoms with Crippen LogP contribution in [0.25, 0.3) is 16.6 Å². The minimum absolute atomic E-state index is 0.0861. The first kappa shape index (κ1) is 17.8. The van der Waals surface area contributed by atoms with E-state index in [9.17, 15) is 9.59 Å². The Morgan fingerprint density at radius 1 is 1.27 bits per heavy atom. The lowest BCUT2D eigenvalue weighted by molar-refractivity contribution is -0.137. The van der Waals surface area contributed by atoms with E-state index in [2.05, 4.69) is 10.4 Å². The van der Waals surface area contributed by atoms with Crippen LogP contribution in [0.1, 0.15) is 36.7 Å². The molecule has 1 amide bonds. The Bertz CT molecular complexity index is 993. The van der Waals surface area contributed by atoms with Gasteiger partial charge in [-0.25, -0.2) is 9.50 Å². The van der Waals surface area contributed by atoms with Gasteiger partial charge < -0.3 is 10.4 Å². The van der Waals surface area contributed by atoms with Crippen LogP contribution >= 0.6 is 0 Å². The number of carboxylic acid groups (broad SMARTS) is 1. The fraction of sp³-hybridized carbons (Fsp3) is 0.368. The molecule has 7 heteroatoms. The number of carboxylic acids is 1. The van der Waals surface area contributed by atoms with E-state index in [1.807, 2.05) is 42.6 Å². The molecule has 1 unspecified atom stereocenters. The zero-order valence-corrected chi connectivity index (χ0v) is 15.1. The maximum Gasteiger partial charge on any atom is 0.305 e. The van der Waals surface area contributed by atoms with Gasteiger partial charge in [0.25, 0.3) is 0 Å². The van der Waals surface area contributed by atoms with E-state index < -0.39 is 5.97 Å². The molecule has 0 aliphatic carbocycles. The molecule has 1 atom stereocenters. The van der Waals surface area contributed by atoms with Crippen LogP contribution < -0.4 is 5.32 Å². The lowest BCUT2D eigenvalue weighted by Gasteiger charge is -2.13. The number of hydrogen-bond acceptors (Lipinski definition) is 4. The van der Waals surface area contributed by atoms with E-state index in [1.54, 1.807) is 6.92 Å². The Morgan fingerprint density at radius 3 is 2.73 bits per heavy atom. The Kier molecular flexibility index (Phi) is 4.88. The van der Waals surface area contributed by atoms with Crippen LogP contribution in [0.4, 0.5) is 0 Å². The van der Waals surface area contributed by atoms with Crippen LogP contribution in [0.15, 0.2) is 24.3 Å². The third kappa shape index (κ3) is 3.51. The number of carbonyl (C=O) groups excluding carboxylic acids is 1. The van der Waals surface area contributed by atoms with Crippen molar-refractivity contribution >= 4 is 28.4 Å². The van der Waals surface area contributed by atoms with Crippen LogP contribution in [0, 0.1) is 13.8 Å². The summed E-state index contributed by atoms with van der Waals surface area (Å²) in [5.74, 6) is -1.09. The molecular weight excluding hydrogens is 332 g/mol. The summed E-state index contributed by atoms with van der Waals surface area (Å²) in [6.45, 7) is 5.61. The topological polar surface area (TPSA) is 96.6 Å². The molecule has 26 heavy (non-hydrogen) atoms. The number of aryl methyl sites for hydroxylation is 2. The zero-order valence-electron chi connectivity index (χ0n) is 15.1. The van der Waals surface area contributed by atoms with Crippen LogP contribution in [-0.2, 0) is 16.0 Å². The summed E-state index contributed by atoms with van der Waals surface area (Å²) in [4.78, 5) is 27.5. The van der Waals surface area contributed by atoms with Gasteiger partial charge in [0.1, 0.15) is 0 Å². The Labute approximate surface area is 151 Å². The van der Waals surface area contributed by atoms with Crippen LogP contribution in [0.3, 0.4) is 0 Å². The lowest BCUT2D eigenvalue weighted by Crippen LogP contribution is -2.34. The highest BCUT2D eigenvalue weighted by molar-refractivity contribution is 5.92. The minimum Gasteiger partial charge on any atom is -0.481 e. The Hall–Kier alpha value is -2.96. The minimum atomic E-state index is -0.926. The fourth-order valence-corrected chi connectivity index (χ4v) is 3.24. The molecular formula is C19H22N4O3. The molecule has 0 radical (unpaired) electrons. The molecule has 0 aliphatic rings. The molecule has 3 aromatic rings. The van der Waals surface area contributed by atoms with Crippen molar-refractivity contribution < 1.29 is 14.7 Å². The summed E-state index contributed by atoms with van der Waals surface area (Å²) in [5.41, 5.74) is 4.55. The van der Waals surface area contributed by atoms with Crippen molar-refractivity contribution in [3.05, 3.63) is 41.2 Å². The van der Waals surface area contributed by atoms with Gasteiger partial charge >= 0.3 is 5.97 Å². The third-order valence-electron chi connectivity index (χ3n) is 4.51. The predicted molar refractivity (Wildman–Crippen MR) is 98.1 cm³/mol. The maximum absolute atomic E-state index is 12.1. The van der Waals surface area contributed by atoms with Gasteiger partial charge in [0.05, 0.1) is 11.9 Å². The summed E-state index contributed by atoms with van der Waals surface area (Å²) in [5, 5.41) is 17.1. The predicted octanol–water partition coefficient (Wildman–Crippen LogP) is 2.41. The monoisotopic (exact) mass is 354 g/mol. The first-order valence-corrected chi connectivity index (χ1v) is 8.61. The van der Waals surface area contributed by atoms with Crippen molar-refractivity contribution in [3.8, 4) is 0 Å². The molecule has 0 spiro atoms. The molecule has 2 heterocycles. The van der Waals surface area contributed by atoms with Crippen molar-refractivity contribution in [2.45, 2.75) is 46.1 Å². The summed E-state index contributed by atoms with van der Waals surface area (Å²) in [6, 6.07) is 7.48. The number of nitrogens with one attached hydrogen (secondary N) is 1. The largest absolute Gasteiger partial charge is 0.481 e. The highest BCUT2D eigenvalue weighted by atomic mass is 16.4. The number of aromatic nitrogens is 3. The van der Waals surface area contributed by atoms with Gasteiger partial charge in [0, 0.05) is 29.2 Å². The molecule has 1 aromatic carbocycles. The third-order valence-corrected chi connectivity index (χ3v) is 4.51. The number of benzene rings is 1. The van der Waals surface area contributed by atoms with E-state index in [4.69, 9.17) is 10.1 Å². The van der Waals surface area contributed by atoms with Crippen molar-refractivity contribution in [2.75, 3.05) is 0 Å². The second-order valence-electron chi connectivity index (χ2n) is 6.58. The molecule has 3 rings (SSSR count). The van der Waals surface area contributed by atoms with Gasteiger partial charge in [-0.05, 0) is 44.9 Å². The Balaban J connectivity index is 1.81. The maximum atomic E-state index is 12.1. The number of hydrogen-bond donors (Lipinski definition) is 2. The molecule has 2 N–H and O–H groups in total. The van der Waals surface area contributed by atoms with E-state index >= 15 is 0 Å². The standard InChI is InChI=1S/C19H22N4O3/c1-11(10-18(25)26)20-17(24)9-8-14-12(2)21-19-15-6-4-5-7-16(15)22-23(19)13(14)3/h4-7,11H,8-10H2,1-3H3,(H,20,24)(H,25,26). The van der Waals surface area contributed by atoms with E-state index in [0.717, 1.165) is 33.5 Å². The highest BCUT2D eigenvalue weighted by Gasteiger charge is 2.16. The molecule has 2 aromatic heterocycles. The fourth-order valence-electron chi connectivity index (χ4n) is 3.24. The van der Waals surface area contributed by atoms with Gasteiger partial charge in [-0.3, -0.25) is 9.59 Å². The van der Waals surface area contributed by atoms with E-state index in [0.29, 0.717) is 6.42 Å². The van der Waals surface area contributed by atoms with Gasteiger partial charge in [0.15, 0.2) is 5.65 Å². The number of carbonyl (C=O) groups is 2. The van der Waals surface area contributed by atoms with Crippen molar-refractivity contribution in [1.29, 1.82) is 0 Å². The van der Waals surface area contributed by atoms with Crippen LogP contribution in [0.5, 0.6) is 0 Å². The Morgan fingerprint density at radius 2 is 2.00 bits per heavy atom. The molecule has 0 saturated heterocycles. The van der Waals surface area contributed by atoms with Gasteiger partial charge in [-0.15, -0.1) is 0 Å². The summed E-state index contributed by atoms with van der Waals surface area (Å²) < 4.78 is 1.83. The number of rotatable bonds is 6. The lowest BCUT2D eigenvalue weighted by atomic mass is 10.1. The molecule has 0 bridgehead atoms. The number of fused-ring (bicyclic) bond motifs is 3. The van der Waals surface area contributed by atoms with Gasteiger partial charge in [-0.2, -0.15) is 5.10 Å². The molecule has 0 fully saturated rings. The molecule has 0 saturated carbocycles. The molecule has 136 valence electrons. The number of amides is 1. The highest BCUT2D eigenvalue weighted by Crippen LogP contribution is 2.22.